The van der Waals surface area contributed by atoms with E-state index in [4.69, 9.17) is 18.0 Å². The Morgan fingerprint density at radius 1 is 1.56 bits per heavy atom. The van der Waals surface area contributed by atoms with Crippen molar-refractivity contribution in [1.82, 2.24) is 0 Å². The number of carbonyl (C=O) groups is 1. The fourth-order valence-electron chi connectivity index (χ4n) is 1.59. The number of nitrogens with one attached hydrogen (secondary N) is 1. The second kappa shape index (κ2) is 6.85. The van der Waals surface area contributed by atoms with Gasteiger partial charge in [-0.25, -0.2) is 0 Å². The zero-order valence-corrected chi connectivity index (χ0v) is 12.9. The van der Waals surface area contributed by atoms with Gasteiger partial charge in [0.2, 0.25) is 5.91 Å². The lowest BCUT2D eigenvalue weighted by Gasteiger charge is -2.13. The molecular formula is C13H17BrN2OS. The molecule has 3 N–H and O–H groups in total. The molecule has 1 aromatic rings. The van der Waals surface area contributed by atoms with E-state index < -0.39 is 0 Å². The summed E-state index contributed by atoms with van der Waals surface area (Å²) in [4.78, 5) is 12.2. The second-order valence-electron chi connectivity index (χ2n) is 4.24. The van der Waals surface area contributed by atoms with E-state index in [9.17, 15) is 4.79 Å². The fraction of sp³-hybridized carbons (Fsp3) is 0.385. The number of halogens is 1. The Kier molecular flexibility index (Phi) is 5.75. The summed E-state index contributed by atoms with van der Waals surface area (Å²) in [6, 6.07) is 5.41. The first-order valence-electron chi connectivity index (χ1n) is 5.86. The van der Waals surface area contributed by atoms with Crippen LogP contribution in [-0.4, -0.2) is 10.9 Å². The average Bonchev–Trinajstić information content (AvgIpc) is 2.31. The third kappa shape index (κ3) is 4.07. The first kappa shape index (κ1) is 15.1. The van der Waals surface area contributed by atoms with Gasteiger partial charge in [-0.15, -0.1) is 0 Å². The van der Waals surface area contributed by atoms with Crippen LogP contribution in [0.15, 0.2) is 22.7 Å². The van der Waals surface area contributed by atoms with E-state index >= 15 is 0 Å². The molecule has 0 aliphatic carbocycles. The third-order valence-electron chi connectivity index (χ3n) is 2.68. The highest BCUT2D eigenvalue weighted by molar-refractivity contribution is 9.10. The van der Waals surface area contributed by atoms with Crippen LogP contribution in [0.2, 0.25) is 0 Å². The van der Waals surface area contributed by atoms with Gasteiger partial charge in [0.25, 0.3) is 0 Å². The minimum atomic E-state index is 0.0113. The molecule has 18 heavy (non-hydrogen) atoms. The van der Waals surface area contributed by atoms with Crippen molar-refractivity contribution in [3.63, 3.8) is 0 Å². The number of thiocarbonyl (C=S) groups is 1. The number of benzene rings is 1. The van der Waals surface area contributed by atoms with E-state index in [1.54, 1.807) is 12.1 Å². The van der Waals surface area contributed by atoms with Gasteiger partial charge in [0.15, 0.2) is 0 Å². The maximum absolute atomic E-state index is 11.9. The van der Waals surface area contributed by atoms with Crippen LogP contribution in [0.5, 0.6) is 0 Å². The second-order valence-corrected chi connectivity index (χ2v) is 5.53. The van der Waals surface area contributed by atoms with Gasteiger partial charge in [0, 0.05) is 16.0 Å². The predicted molar refractivity (Wildman–Crippen MR) is 82.7 cm³/mol. The number of hydrogen-bond donors (Lipinski definition) is 2. The molecule has 0 heterocycles. The van der Waals surface area contributed by atoms with Gasteiger partial charge in [0.05, 0.1) is 5.69 Å². The Balaban J connectivity index is 2.79. The van der Waals surface area contributed by atoms with Crippen molar-refractivity contribution in [2.45, 2.75) is 26.7 Å². The Labute approximate surface area is 121 Å². The van der Waals surface area contributed by atoms with Gasteiger partial charge < -0.3 is 11.1 Å². The fourth-order valence-corrected chi connectivity index (χ4v) is 2.19. The van der Waals surface area contributed by atoms with Crippen molar-refractivity contribution < 1.29 is 4.79 Å². The Morgan fingerprint density at radius 3 is 2.72 bits per heavy atom. The minimum Gasteiger partial charge on any atom is -0.389 e. The highest BCUT2D eigenvalue weighted by Crippen LogP contribution is 2.24. The summed E-state index contributed by atoms with van der Waals surface area (Å²) >= 11 is 8.30. The number of amides is 1. The van der Waals surface area contributed by atoms with Crippen molar-refractivity contribution in [3.05, 3.63) is 28.2 Å². The normalized spacial score (nSPS) is 11.9. The van der Waals surface area contributed by atoms with Crippen LogP contribution < -0.4 is 11.1 Å². The summed E-state index contributed by atoms with van der Waals surface area (Å²) < 4.78 is 0.782. The van der Waals surface area contributed by atoms with Gasteiger partial charge in [0.1, 0.15) is 4.99 Å². The molecule has 98 valence electrons. The SMILES string of the molecule is CCCC(C)C(=O)Nc1ccc(C(N)=S)cc1Br. The lowest BCUT2D eigenvalue weighted by molar-refractivity contribution is -0.119. The van der Waals surface area contributed by atoms with Crippen LogP contribution >= 0.6 is 28.1 Å². The maximum atomic E-state index is 11.9. The Hall–Kier alpha value is -0.940. The molecule has 0 saturated carbocycles. The molecule has 1 amide bonds. The van der Waals surface area contributed by atoms with Crippen LogP contribution in [-0.2, 0) is 4.79 Å². The number of carbonyl (C=O) groups excluding carboxylic acids is 1. The van der Waals surface area contributed by atoms with Crippen molar-refractivity contribution in [3.8, 4) is 0 Å². The molecule has 0 spiro atoms. The molecule has 3 nitrogen and oxygen atoms in total. The molecule has 0 aliphatic rings. The topological polar surface area (TPSA) is 55.1 Å². The van der Waals surface area contributed by atoms with Gasteiger partial charge in [-0.2, -0.15) is 0 Å². The first-order chi connectivity index (χ1) is 8.45. The quantitative estimate of drug-likeness (QED) is 0.814. The van der Waals surface area contributed by atoms with Crippen molar-refractivity contribution >= 4 is 44.7 Å². The van der Waals surface area contributed by atoms with Crippen LogP contribution in [0.3, 0.4) is 0 Å². The van der Waals surface area contributed by atoms with Crippen LogP contribution in [0.1, 0.15) is 32.3 Å². The lowest BCUT2D eigenvalue weighted by Crippen LogP contribution is -2.20. The summed E-state index contributed by atoms with van der Waals surface area (Å²) in [5, 5.41) is 2.89. The van der Waals surface area contributed by atoms with E-state index in [-0.39, 0.29) is 11.8 Å². The molecule has 0 fully saturated rings. The lowest BCUT2D eigenvalue weighted by atomic mass is 10.1. The molecule has 1 atom stereocenters. The number of nitrogens with two attached hydrogens (primary N) is 1. The summed E-state index contributed by atoms with van der Waals surface area (Å²) in [5.41, 5.74) is 7.06. The summed E-state index contributed by atoms with van der Waals surface area (Å²) in [6.45, 7) is 3.99. The number of hydrogen-bond acceptors (Lipinski definition) is 2. The van der Waals surface area contributed by atoms with E-state index in [0.717, 1.165) is 28.6 Å². The molecular weight excluding hydrogens is 312 g/mol. The zero-order valence-electron chi connectivity index (χ0n) is 10.5. The number of rotatable bonds is 5. The maximum Gasteiger partial charge on any atom is 0.227 e. The first-order valence-corrected chi connectivity index (χ1v) is 7.06. The molecule has 0 aliphatic heterocycles. The van der Waals surface area contributed by atoms with Crippen LogP contribution in [0.4, 0.5) is 5.69 Å². The van der Waals surface area contributed by atoms with Crippen molar-refractivity contribution in [2.24, 2.45) is 11.7 Å². The Morgan fingerprint density at radius 2 is 2.22 bits per heavy atom. The van der Waals surface area contributed by atoms with Crippen molar-refractivity contribution in [1.29, 1.82) is 0 Å². The third-order valence-corrected chi connectivity index (χ3v) is 3.57. The molecule has 1 aromatic carbocycles. The Bertz CT molecular complexity index is 462. The number of anilines is 1. The van der Waals surface area contributed by atoms with Gasteiger partial charge >= 0.3 is 0 Å². The minimum absolute atomic E-state index is 0.0113. The van der Waals surface area contributed by atoms with E-state index in [1.165, 1.54) is 0 Å². The molecule has 0 aromatic heterocycles. The molecule has 5 heteroatoms. The highest BCUT2D eigenvalue weighted by Gasteiger charge is 2.13. The molecule has 0 radical (unpaired) electrons. The molecule has 1 unspecified atom stereocenters. The standard InChI is InChI=1S/C13H17BrN2OS/c1-3-4-8(2)13(17)16-11-6-5-9(12(15)18)7-10(11)14/h5-8H,3-4H2,1-2H3,(H2,15,18)(H,16,17). The predicted octanol–water partition coefficient (Wildman–Crippen LogP) is 3.46. The largest absolute Gasteiger partial charge is 0.389 e. The van der Waals surface area contributed by atoms with Gasteiger partial charge in [-0.1, -0.05) is 32.5 Å². The molecule has 1 rings (SSSR count). The van der Waals surface area contributed by atoms with Gasteiger partial charge in [-0.3, -0.25) is 4.79 Å². The summed E-state index contributed by atoms with van der Waals surface area (Å²) in [7, 11) is 0. The summed E-state index contributed by atoms with van der Waals surface area (Å²) in [5.74, 6) is 0.0396. The summed E-state index contributed by atoms with van der Waals surface area (Å²) in [6.07, 6.45) is 1.88. The van der Waals surface area contributed by atoms with Crippen molar-refractivity contribution in [2.75, 3.05) is 5.32 Å². The van der Waals surface area contributed by atoms with E-state index in [0.29, 0.717) is 4.99 Å². The average molecular weight is 329 g/mol. The van der Waals surface area contributed by atoms with Crippen LogP contribution in [0, 0.1) is 5.92 Å². The zero-order chi connectivity index (χ0) is 13.7. The monoisotopic (exact) mass is 328 g/mol. The van der Waals surface area contributed by atoms with Crippen LogP contribution in [0.25, 0.3) is 0 Å². The molecule has 0 bridgehead atoms. The van der Waals surface area contributed by atoms with E-state index in [1.807, 2.05) is 13.0 Å². The molecule has 0 saturated heterocycles. The highest BCUT2D eigenvalue weighted by atomic mass is 79.9. The van der Waals surface area contributed by atoms with E-state index in [2.05, 4.69) is 28.2 Å². The smallest absolute Gasteiger partial charge is 0.227 e. The van der Waals surface area contributed by atoms with Gasteiger partial charge in [-0.05, 0) is 40.5 Å².